The monoisotopic (exact) mass is 283 g/mol. The minimum Gasteiger partial charge on any atom is -0.477 e. The first-order valence-electron chi connectivity index (χ1n) is 7.05. The minimum absolute atomic E-state index is 0.0368. The number of rotatable bonds is 3. The van der Waals surface area contributed by atoms with Crippen molar-refractivity contribution in [3.05, 3.63) is 53.5 Å². The number of benzene rings is 1. The maximum absolute atomic E-state index is 11.0. The first-order valence-corrected chi connectivity index (χ1v) is 7.05. The summed E-state index contributed by atoms with van der Waals surface area (Å²) in [6, 6.07) is 10.1. The molecule has 0 bridgehead atoms. The summed E-state index contributed by atoms with van der Waals surface area (Å²) in [6.07, 6.45) is 5.46. The second-order valence-corrected chi connectivity index (χ2v) is 5.45. The lowest BCUT2D eigenvalue weighted by Gasteiger charge is -2.28. The normalized spacial score (nSPS) is 16.8. The van der Waals surface area contributed by atoms with E-state index in [1.807, 2.05) is 18.2 Å². The average molecular weight is 283 g/mol. The van der Waals surface area contributed by atoms with Crippen LogP contribution in [0.1, 0.15) is 47.4 Å². The molecule has 21 heavy (non-hydrogen) atoms. The van der Waals surface area contributed by atoms with E-state index in [9.17, 15) is 4.79 Å². The molecule has 1 aromatic heterocycles. The molecule has 0 radical (unpaired) electrons. The van der Waals surface area contributed by atoms with E-state index in [1.54, 1.807) is 0 Å². The fraction of sp³-hybridized carbons (Fsp3) is 0.312. The fourth-order valence-electron chi connectivity index (χ4n) is 3.17. The molecule has 0 atom stereocenters. The quantitative estimate of drug-likeness (QED) is 0.903. The molecule has 1 aliphatic rings. The van der Waals surface area contributed by atoms with Crippen LogP contribution in [-0.2, 0) is 5.41 Å². The van der Waals surface area contributed by atoms with Gasteiger partial charge in [0.25, 0.3) is 0 Å². The molecule has 3 rings (SSSR count). The molecule has 1 aliphatic carbocycles. The number of aromatic carboxylic acids is 1. The van der Waals surface area contributed by atoms with Crippen molar-refractivity contribution in [3.8, 4) is 0 Å². The van der Waals surface area contributed by atoms with Crippen LogP contribution in [0.15, 0.2) is 36.5 Å². The number of nitrogen functional groups attached to an aromatic ring is 1. The lowest BCUT2D eigenvalue weighted by molar-refractivity contribution is 0.0697. The summed E-state index contributed by atoms with van der Waals surface area (Å²) in [5.74, 6) is -0.428. The smallest absolute Gasteiger partial charge is 0.341 e. The summed E-state index contributed by atoms with van der Waals surface area (Å²) in [7, 11) is 0. The van der Waals surface area contributed by atoms with E-state index < -0.39 is 5.97 Å². The highest BCUT2D eigenvalue weighted by molar-refractivity contribution is 5.92. The highest BCUT2D eigenvalue weighted by Gasteiger charge is 2.40. The van der Waals surface area contributed by atoms with Gasteiger partial charge in [0.15, 0.2) is 0 Å². The van der Waals surface area contributed by atoms with E-state index in [1.165, 1.54) is 11.8 Å². The van der Waals surface area contributed by atoms with Crippen LogP contribution in [0.4, 0.5) is 5.82 Å². The third-order valence-corrected chi connectivity index (χ3v) is 4.26. The van der Waals surface area contributed by atoms with Crippen molar-refractivity contribution < 1.29 is 9.90 Å². The van der Waals surface area contributed by atoms with Crippen LogP contribution in [0.3, 0.4) is 0 Å². The number of nitrogens with zero attached hydrogens (tertiary/aromatic N) is 2. The second kappa shape index (κ2) is 5.16. The predicted molar refractivity (Wildman–Crippen MR) is 79.1 cm³/mol. The molecule has 1 aromatic carbocycles. The Morgan fingerprint density at radius 3 is 2.43 bits per heavy atom. The first-order chi connectivity index (χ1) is 10.1. The molecule has 0 unspecified atom stereocenters. The Bertz CT molecular complexity index is 664. The van der Waals surface area contributed by atoms with Gasteiger partial charge in [-0.25, -0.2) is 14.8 Å². The Kier molecular flexibility index (Phi) is 3.33. The summed E-state index contributed by atoms with van der Waals surface area (Å²) in [5.41, 5.74) is 6.68. The molecular weight excluding hydrogens is 266 g/mol. The summed E-state index contributed by atoms with van der Waals surface area (Å²) in [4.78, 5) is 19.7. The zero-order valence-electron chi connectivity index (χ0n) is 11.6. The van der Waals surface area contributed by atoms with Crippen LogP contribution < -0.4 is 5.73 Å². The van der Waals surface area contributed by atoms with Crippen molar-refractivity contribution in [2.75, 3.05) is 5.73 Å². The molecular formula is C16H17N3O2. The van der Waals surface area contributed by atoms with Gasteiger partial charge in [-0.3, -0.25) is 0 Å². The number of carboxylic acids is 1. The van der Waals surface area contributed by atoms with Crippen molar-refractivity contribution in [3.63, 3.8) is 0 Å². The molecule has 2 aromatic rings. The molecule has 1 fully saturated rings. The SMILES string of the molecule is Nc1nc(C2(c3ccccc3)CCCC2)ncc1C(=O)O. The molecule has 0 aliphatic heterocycles. The van der Waals surface area contributed by atoms with Crippen molar-refractivity contribution in [1.29, 1.82) is 0 Å². The van der Waals surface area contributed by atoms with Crippen LogP contribution >= 0.6 is 0 Å². The number of carboxylic acid groups (broad SMARTS) is 1. The Morgan fingerprint density at radius 2 is 1.86 bits per heavy atom. The Labute approximate surface area is 122 Å². The van der Waals surface area contributed by atoms with E-state index in [-0.39, 0.29) is 16.8 Å². The van der Waals surface area contributed by atoms with Crippen molar-refractivity contribution in [2.24, 2.45) is 0 Å². The van der Waals surface area contributed by atoms with E-state index in [2.05, 4.69) is 22.1 Å². The number of aromatic nitrogens is 2. The number of hydrogen-bond acceptors (Lipinski definition) is 4. The summed E-state index contributed by atoms with van der Waals surface area (Å²) in [5, 5.41) is 9.04. The summed E-state index contributed by atoms with van der Waals surface area (Å²) < 4.78 is 0. The van der Waals surface area contributed by atoms with Crippen molar-refractivity contribution in [1.82, 2.24) is 9.97 Å². The van der Waals surface area contributed by atoms with E-state index in [0.29, 0.717) is 5.82 Å². The lowest BCUT2D eigenvalue weighted by atomic mass is 9.78. The van der Waals surface area contributed by atoms with Gasteiger partial charge < -0.3 is 10.8 Å². The molecule has 0 spiro atoms. The van der Waals surface area contributed by atoms with Gasteiger partial charge in [-0.05, 0) is 18.4 Å². The third-order valence-electron chi connectivity index (χ3n) is 4.26. The second-order valence-electron chi connectivity index (χ2n) is 5.45. The molecule has 1 saturated carbocycles. The molecule has 5 heteroatoms. The van der Waals surface area contributed by atoms with Gasteiger partial charge in [0.05, 0.1) is 5.41 Å². The zero-order chi connectivity index (χ0) is 14.9. The number of anilines is 1. The Balaban J connectivity index is 2.11. The van der Waals surface area contributed by atoms with E-state index in [0.717, 1.165) is 25.7 Å². The number of hydrogen-bond donors (Lipinski definition) is 2. The lowest BCUT2D eigenvalue weighted by Crippen LogP contribution is -2.27. The maximum Gasteiger partial charge on any atom is 0.341 e. The molecule has 3 N–H and O–H groups in total. The van der Waals surface area contributed by atoms with Crippen LogP contribution in [0.25, 0.3) is 0 Å². The predicted octanol–water partition coefficient (Wildman–Crippen LogP) is 2.62. The molecule has 108 valence electrons. The van der Waals surface area contributed by atoms with Crippen LogP contribution in [0, 0.1) is 0 Å². The standard InChI is InChI=1S/C16H17N3O2/c17-13-12(14(20)21)10-18-15(19-13)16(8-4-5-9-16)11-6-2-1-3-7-11/h1-3,6-7,10H,4-5,8-9H2,(H,20,21)(H2,17,18,19). The Morgan fingerprint density at radius 1 is 1.19 bits per heavy atom. The zero-order valence-corrected chi connectivity index (χ0v) is 11.6. The highest BCUT2D eigenvalue weighted by Crippen LogP contribution is 2.45. The van der Waals surface area contributed by atoms with E-state index in [4.69, 9.17) is 10.8 Å². The van der Waals surface area contributed by atoms with Gasteiger partial charge >= 0.3 is 5.97 Å². The fourth-order valence-corrected chi connectivity index (χ4v) is 3.17. The number of nitrogens with two attached hydrogens (primary N) is 1. The molecule has 1 heterocycles. The van der Waals surface area contributed by atoms with Gasteiger partial charge in [0, 0.05) is 6.20 Å². The molecule has 0 saturated heterocycles. The third kappa shape index (κ3) is 2.24. The van der Waals surface area contributed by atoms with Crippen LogP contribution in [-0.4, -0.2) is 21.0 Å². The van der Waals surface area contributed by atoms with Gasteiger partial charge in [-0.2, -0.15) is 0 Å². The average Bonchev–Trinajstić information content (AvgIpc) is 2.98. The van der Waals surface area contributed by atoms with Crippen molar-refractivity contribution >= 4 is 11.8 Å². The molecule has 5 nitrogen and oxygen atoms in total. The summed E-state index contributed by atoms with van der Waals surface area (Å²) in [6.45, 7) is 0. The van der Waals surface area contributed by atoms with Crippen LogP contribution in [0.2, 0.25) is 0 Å². The van der Waals surface area contributed by atoms with Gasteiger partial charge in [0.1, 0.15) is 17.2 Å². The van der Waals surface area contributed by atoms with Gasteiger partial charge in [-0.1, -0.05) is 43.2 Å². The minimum atomic E-state index is -1.10. The summed E-state index contributed by atoms with van der Waals surface area (Å²) >= 11 is 0. The topological polar surface area (TPSA) is 89.1 Å². The van der Waals surface area contributed by atoms with Crippen molar-refractivity contribution in [2.45, 2.75) is 31.1 Å². The van der Waals surface area contributed by atoms with Crippen LogP contribution in [0.5, 0.6) is 0 Å². The first kappa shape index (κ1) is 13.5. The largest absolute Gasteiger partial charge is 0.477 e. The van der Waals surface area contributed by atoms with Gasteiger partial charge in [0.2, 0.25) is 0 Å². The van der Waals surface area contributed by atoms with Gasteiger partial charge in [-0.15, -0.1) is 0 Å². The Hall–Kier alpha value is -2.43. The highest BCUT2D eigenvalue weighted by atomic mass is 16.4. The van der Waals surface area contributed by atoms with E-state index >= 15 is 0 Å². The number of carbonyl (C=O) groups is 1. The maximum atomic E-state index is 11.0. The molecule has 0 amide bonds.